The highest BCUT2D eigenvalue weighted by Gasteiger charge is 2.38. The van der Waals surface area contributed by atoms with Crippen LogP contribution in [0.1, 0.15) is 12.8 Å². The second-order valence-electron chi connectivity index (χ2n) is 5.44. The summed E-state index contributed by atoms with van der Waals surface area (Å²) in [5.41, 5.74) is 0. The Hall–Kier alpha value is -1.38. The van der Waals surface area contributed by atoms with Crippen molar-refractivity contribution in [3.05, 3.63) is 0 Å². The molecular formula is C13H23N3O5. The minimum atomic E-state index is -1.07. The van der Waals surface area contributed by atoms with E-state index in [4.69, 9.17) is 9.84 Å². The first-order valence-corrected chi connectivity index (χ1v) is 7.33. The lowest BCUT2D eigenvalue weighted by Crippen LogP contribution is -2.46. The van der Waals surface area contributed by atoms with E-state index < -0.39 is 24.1 Å². The molecule has 0 aliphatic carbocycles. The molecule has 0 spiro atoms. The van der Waals surface area contributed by atoms with Gasteiger partial charge in [0.25, 0.3) is 0 Å². The van der Waals surface area contributed by atoms with E-state index in [2.05, 4.69) is 10.2 Å². The van der Waals surface area contributed by atoms with Gasteiger partial charge in [0.2, 0.25) is 0 Å². The second kappa shape index (κ2) is 7.58. The van der Waals surface area contributed by atoms with Gasteiger partial charge in [0.1, 0.15) is 6.04 Å². The van der Waals surface area contributed by atoms with Crippen LogP contribution in [0.4, 0.5) is 4.79 Å². The maximum atomic E-state index is 12.0. The number of nitrogens with zero attached hydrogens (tertiary/aromatic N) is 2. The van der Waals surface area contributed by atoms with Crippen molar-refractivity contribution >= 4 is 12.0 Å². The predicted molar refractivity (Wildman–Crippen MR) is 74.0 cm³/mol. The standard InChI is InChI=1S/C13H23N3O5/c17-10-8-11(12(18)19)16(9-10)13(20)14-2-1-3-15-4-6-21-7-5-15/h10-11,17H,1-9H2,(H,14,20)(H,18,19)/t10?,11-/m0/s1. The molecule has 8 heteroatoms. The zero-order chi connectivity index (χ0) is 15.2. The fraction of sp³-hybridized carbons (Fsp3) is 0.846. The maximum absolute atomic E-state index is 12.0. The molecule has 0 bridgehead atoms. The van der Waals surface area contributed by atoms with Gasteiger partial charge in [-0.3, -0.25) is 4.90 Å². The van der Waals surface area contributed by atoms with Crippen molar-refractivity contribution in [1.82, 2.24) is 15.1 Å². The summed E-state index contributed by atoms with van der Waals surface area (Å²) in [7, 11) is 0. The number of carboxylic acid groups (broad SMARTS) is 1. The molecule has 2 aliphatic heterocycles. The summed E-state index contributed by atoms with van der Waals surface area (Å²) in [5.74, 6) is -1.07. The molecule has 0 saturated carbocycles. The molecule has 0 aromatic rings. The lowest BCUT2D eigenvalue weighted by Gasteiger charge is -2.26. The van der Waals surface area contributed by atoms with Gasteiger partial charge in [-0.2, -0.15) is 0 Å². The average molecular weight is 301 g/mol. The Morgan fingerprint density at radius 3 is 2.67 bits per heavy atom. The Labute approximate surface area is 123 Å². The molecule has 0 aromatic carbocycles. The van der Waals surface area contributed by atoms with Crippen LogP contribution >= 0.6 is 0 Å². The quantitative estimate of drug-likeness (QED) is 0.559. The topological polar surface area (TPSA) is 102 Å². The molecule has 2 aliphatic rings. The average Bonchev–Trinajstić information content (AvgIpc) is 2.87. The summed E-state index contributed by atoms with van der Waals surface area (Å²) in [6.45, 7) is 4.77. The normalized spacial score (nSPS) is 26.8. The number of aliphatic carboxylic acids is 1. The van der Waals surface area contributed by atoms with E-state index in [0.29, 0.717) is 6.54 Å². The summed E-state index contributed by atoms with van der Waals surface area (Å²) in [6, 6.07) is -1.35. The molecular weight excluding hydrogens is 278 g/mol. The first-order valence-electron chi connectivity index (χ1n) is 7.33. The molecule has 2 amide bonds. The summed E-state index contributed by atoms with van der Waals surface area (Å²) in [6.07, 6.45) is 0.140. The number of urea groups is 1. The number of β-amino-alcohol motifs (C(OH)–C–C–N with tert-alkyl or cyclic N) is 1. The Kier molecular flexibility index (Phi) is 5.77. The highest BCUT2D eigenvalue weighted by molar-refractivity contribution is 5.83. The fourth-order valence-corrected chi connectivity index (χ4v) is 2.70. The highest BCUT2D eigenvalue weighted by Crippen LogP contribution is 2.18. The zero-order valence-corrected chi connectivity index (χ0v) is 12.0. The number of rotatable bonds is 5. The van der Waals surface area contributed by atoms with Gasteiger partial charge in [-0.25, -0.2) is 9.59 Å². The number of carboxylic acids is 1. The van der Waals surface area contributed by atoms with Gasteiger partial charge in [-0.1, -0.05) is 0 Å². The van der Waals surface area contributed by atoms with Crippen molar-refractivity contribution in [2.75, 3.05) is 45.9 Å². The van der Waals surface area contributed by atoms with Crippen molar-refractivity contribution in [3.8, 4) is 0 Å². The molecule has 0 aromatic heterocycles. The molecule has 2 fully saturated rings. The minimum absolute atomic E-state index is 0.0757. The van der Waals surface area contributed by atoms with Gasteiger partial charge in [0.05, 0.1) is 19.3 Å². The molecule has 2 heterocycles. The van der Waals surface area contributed by atoms with Gasteiger partial charge in [0, 0.05) is 32.6 Å². The number of hydrogen-bond donors (Lipinski definition) is 3. The fourth-order valence-electron chi connectivity index (χ4n) is 2.70. The Bertz CT molecular complexity index is 373. The summed E-state index contributed by atoms with van der Waals surface area (Å²) in [4.78, 5) is 26.5. The summed E-state index contributed by atoms with van der Waals surface area (Å²) >= 11 is 0. The van der Waals surface area contributed by atoms with Gasteiger partial charge < -0.3 is 25.2 Å². The second-order valence-corrected chi connectivity index (χ2v) is 5.44. The van der Waals surface area contributed by atoms with Crippen molar-refractivity contribution in [2.45, 2.75) is 25.0 Å². The van der Waals surface area contributed by atoms with Crippen LogP contribution in [0.3, 0.4) is 0 Å². The number of carbonyl (C=O) groups excluding carboxylic acids is 1. The third kappa shape index (κ3) is 4.55. The van der Waals surface area contributed by atoms with Gasteiger partial charge >= 0.3 is 12.0 Å². The van der Waals surface area contributed by atoms with E-state index in [1.807, 2.05) is 0 Å². The molecule has 2 atom stereocenters. The summed E-state index contributed by atoms with van der Waals surface area (Å²) in [5, 5.41) is 21.3. The number of aliphatic hydroxyl groups is 1. The van der Waals surface area contributed by atoms with Crippen LogP contribution in [0.5, 0.6) is 0 Å². The highest BCUT2D eigenvalue weighted by atomic mass is 16.5. The van der Waals surface area contributed by atoms with E-state index in [1.54, 1.807) is 0 Å². The number of carbonyl (C=O) groups is 2. The van der Waals surface area contributed by atoms with E-state index in [-0.39, 0.29) is 13.0 Å². The smallest absolute Gasteiger partial charge is 0.326 e. The lowest BCUT2D eigenvalue weighted by molar-refractivity contribution is -0.141. The lowest BCUT2D eigenvalue weighted by atomic mass is 10.2. The Balaban J connectivity index is 1.67. The molecule has 0 radical (unpaired) electrons. The van der Waals surface area contributed by atoms with Crippen LogP contribution in [0.15, 0.2) is 0 Å². The van der Waals surface area contributed by atoms with Crippen LogP contribution in [0.2, 0.25) is 0 Å². The van der Waals surface area contributed by atoms with E-state index >= 15 is 0 Å². The number of morpholine rings is 1. The zero-order valence-electron chi connectivity index (χ0n) is 12.0. The SMILES string of the molecule is O=C(O)[C@@H]1CC(O)CN1C(=O)NCCCN1CCOCC1. The molecule has 2 rings (SSSR count). The van der Waals surface area contributed by atoms with Crippen LogP contribution in [0, 0.1) is 0 Å². The van der Waals surface area contributed by atoms with Gasteiger partial charge in [0.15, 0.2) is 0 Å². The van der Waals surface area contributed by atoms with E-state index in [9.17, 15) is 14.7 Å². The number of aliphatic hydroxyl groups excluding tert-OH is 1. The minimum Gasteiger partial charge on any atom is -0.480 e. The van der Waals surface area contributed by atoms with Crippen LogP contribution in [-0.4, -0.2) is 90.1 Å². The number of hydrogen-bond acceptors (Lipinski definition) is 5. The van der Waals surface area contributed by atoms with Gasteiger partial charge in [-0.05, 0) is 13.0 Å². The maximum Gasteiger partial charge on any atom is 0.326 e. The van der Waals surface area contributed by atoms with Crippen LogP contribution in [0.25, 0.3) is 0 Å². The molecule has 120 valence electrons. The number of likely N-dealkylation sites (tertiary alicyclic amines) is 1. The molecule has 8 nitrogen and oxygen atoms in total. The van der Waals surface area contributed by atoms with Crippen LogP contribution in [-0.2, 0) is 9.53 Å². The monoisotopic (exact) mass is 301 g/mol. The number of nitrogens with one attached hydrogen (secondary N) is 1. The van der Waals surface area contributed by atoms with E-state index in [0.717, 1.165) is 39.3 Å². The predicted octanol–water partition coefficient (Wildman–Crippen LogP) is -1.06. The van der Waals surface area contributed by atoms with Crippen molar-refractivity contribution in [3.63, 3.8) is 0 Å². The van der Waals surface area contributed by atoms with Crippen molar-refractivity contribution in [1.29, 1.82) is 0 Å². The third-order valence-corrected chi connectivity index (χ3v) is 3.86. The van der Waals surface area contributed by atoms with E-state index in [1.165, 1.54) is 4.90 Å². The number of amides is 2. The number of ether oxygens (including phenoxy) is 1. The molecule has 1 unspecified atom stereocenters. The Morgan fingerprint density at radius 2 is 2.00 bits per heavy atom. The first kappa shape index (κ1) is 16.0. The van der Waals surface area contributed by atoms with Gasteiger partial charge in [-0.15, -0.1) is 0 Å². The van der Waals surface area contributed by atoms with Crippen molar-refractivity contribution < 1.29 is 24.5 Å². The van der Waals surface area contributed by atoms with Crippen molar-refractivity contribution in [2.24, 2.45) is 0 Å². The Morgan fingerprint density at radius 1 is 1.29 bits per heavy atom. The molecule has 21 heavy (non-hydrogen) atoms. The third-order valence-electron chi connectivity index (χ3n) is 3.86. The van der Waals surface area contributed by atoms with Crippen LogP contribution < -0.4 is 5.32 Å². The largest absolute Gasteiger partial charge is 0.480 e. The summed E-state index contributed by atoms with van der Waals surface area (Å²) < 4.78 is 5.26. The molecule has 3 N–H and O–H groups in total. The molecule has 2 saturated heterocycles. The first-order chi connectivity index (χ1) is 10.1.